The second kappa shape index (κ2) is 5.26. The molecule has 0 atom stereocenters. The number of rotatable bonds is 3. The topological polar surface area (TPSA) is 57.2 Å². The lowest BCUT2D eigenvalue weighted by atomic mass is 10.2. The molecule has 2 aromatic heterocycles. The van der Waals surface area contributed by atoms with E-state index in [0.29, 0.717) is 10.4 Å². The summed E-state index contributed by atoms with van der Waals surface area (Å²) < 4.78 is 12.8. The Hall–Kier alpha value is -2.47. The predicted molar refractivity (Wildman–Crippen MR) is 77.6 cm³/mol. The molecule has 100 valence electrons. The van der Waals surface area contributed by atoms with Crippen LogP contribution in [0.1, 0.15) is 15.2 Å². The number of hydrogen-bond donors (Lipinski definition) is 2. The molecule has 3 rings (SSSR count). The van der Waals surface area contributed by atoms with Crippen molar-refractivity contribution in [3.8, 4) is 0 Å². The van der Waals surface area contributed by atoms with Crippen LogP contribution in [0.25, 0.3) is 10.9 Å². The molecule has 0 saturated carbocycles. The minimum absolute atomic E-state index is 0.283. The highest BCUT2D eigenvalue weighted by molar-refractivity contribution is 7.12. The molecule has 0 spiro atoms. The van der Waals surface area contributed by atoms with E-state index >= 15 is 0 Å². The van der Waals surface area contributed by atoms with Crippen LogP contribution in [0.2, 0.25) is 0 Å². The van der Waals surface area contributed by atoms with Crippen molar-refractivity contribution >= 4 is 34.4 Å². The number of carbonyl (C=O) groups is 1. The minimum atomic E-state index is -0.310. The van der Waals surface area contributed by atoms with E-state index in [2.05, 4.69) is 15.5 Å². The molecule has 2 heterocycles. The number of thiophene rings is 1. The second-order valence-corrected chi connectivity index (χ2v) is 5.15. The van der Waals surface area contributed by atoms with Crippen molar-refractivity contribution in [2.45, 2.75) is 0 Å². The van der Waals surface area contributed by atoms with E-state index < -0.39 is 0 Å². The first-order chi connectivity index (χ1) is 9.74. The van der Waals surface area contributed by atoms with Crippen molar-refractivity contribution in [3.05, 3.63) is 58.2 Å². The van der Waals surface area contributed by atoms with Crippen LogP contribution >= 0.6 is 11.3 Å². The van der Waals surface area contributed by atoms with Gasteiger partial charge in [-0.15, -0.1) is 11.3 Å². The number of carbonyl (C=O) groups excluding carboxylic acids is 1. The van der Waals surface area contributed by atoms with Crippen LogP contribution in [0.4, 0.5) is 4.39 Å². The molecule has 0 aliphatic heterocycles. The van der Waals surface area contributed by atoms with Crippen molar-refractivity contribution in [3.63, 3.8) is 0 Å². The second-order valence-electron chi connectivity index (χ2n) is 4.09. The fourth-order valence-corrected chi connectivity index (χ4v) is 2.47. The Kier molecular flexibility index (Phi) is 3.30. The average molecular weight is 287 g/mol. The number of hydrogen-bond acceptors (Lipinski definition) is 3. The van der Waals surface area contributed by atoms with E-state index in [4.69, 9.17) is 0 Å². The maximum atomic E-state index is 12.8. The number of aromatic nitrogens is 1. The van der Waals surface area contributed by atoms with Gasteiger partial charge >= 0.3 is 0 Å². The molecular formula is C14H10FN3OS. The van der Waals surface area contributed by atoms with Crippen molar-refractivity contribution in [1.82, 2.24) is 10.4 Å². The van der Waals surface area contributed by atoms with Gasteiger partial charge in [-0.25, -0.2) is 5.43 Å². The maximum Gasteiger partial charge on any atom is 0.273 e. The fraction of sp³-hybridized carbons (Fsp3) is 0. The van der Waals surface area contributed by atoms with Crippen molar-refractivity contribution in [2.75, 3.05) is 0 Å². The Morgan fingerprint density at radius 3 is 2.95 bits per heavy atom. The number of fused-ring (bicyclic) bond motifs is 1. The van der Waals surface area contributed by atoms with E-state index in [0.717, 1.165) is 22.2 Å². The fourth-order valence-electron chi connectivity index (χ4n) is 1.87. The van der Waals surface area contributed by atoms with Gasteiger partial charge in [-0.1, -0.05) is 18.2 Å². The van der Waals surface area contributed by atoms with Gasteiger partial charge in [-0.3, -0.25) is 4.79 Å². The van der Waals surface area contributed by atoms with Gasteiger partial charge in [0.1, 0.15) is 0 Å². The lowest BCUT2D eigenvalue weighted by Crippen LogP contribution is -2.17. The largest absolute Gasteiger partial charge is 0.360 e. The first-order valence-electron chi connectivity index (χ1n) is 5.89. The van der Waals surface area contributed by atoms with Gasteiger partial charge in [0.15, 0.2) is 5.13 Å². The molecule has 0 radical (unpaired) electrons. The maximum absolute atomic E-state index is 12.8. The van der Waals surface area contributed by atoms with E-state index in [1.165, 1.54) is 12.3 Å². The number of amides is 1. The molecule has 20 heavy (non-hydrogen) atoms. The Bertz CT molecular complexity index is 790. The highest BCUT2D eigenvalue weighted by atomic mass is 32.1. The Morgan fingerprint density at radius 2 is 2.15 bits per heavy atom. The summed E-state index contributed by atoms with van der Waals surface area (Å²) in [6.07, 6.45) is 3.06. The molecule has 0 saturated heterocycles. The summed E-state index contributed by atoms with van der Waals surface area (Å²) in [6.45, 7) is 0. The first kappa shape index (κ1) is 12.6. The van der Waals surface area contributed by atoms with Gasteiger partial charge in [0.05, 0.1) is 16.7 Å². The Labute approximate surface area is 117 Å². The summed E-state index contributed by atoms with van der Waals surface area (Å²) in [5.74, 6) is -0.310. The zero-order valence-electron chi connectivity index (χ0n) is 10.3. The molecule has 6 heteroatoms. The van der Waals surface area contributed by atoms with Crippen LogP contribution in [0.5, 0.6) is 0 Å². The smallest absolute Gasteiger partial charge is 0.273 e. The average Bonchev–Trinajstić information content (AvgIpc) is 3.05. The van der Waals surface area contributed by atoms with Gasteiger partial charge < -0.3 is 4.98 Å². The van der Waals surface area contributed by atoms with Crippen LogP contribution in [-0.4, -0.2) is 17.1 Å². The summed E-state index contributed by atoms with van der Waals surface area (Å²) in [7, 11) is 0. The lowest BCUT2D eigenvalue weighted by molar-refractivity contribution is 0.0957. The molecule has 2 N–H and O–H groups in total. The Balaban J connectivity index is 1.75. The summed E-state index contributed by atoms with van der Waals surface area (Å²) in [5.41, 5.74) is 3.84. The molecule has 0 aliphatic carbocycles. The molecule has 3 aromatic rings. The highest BCUT2D eigenvalue weighted by Gasteiger charge is 2.10. The number of aromatic amines is 1. The normalized spacial score (nSPS) is 11.2. The van der Waals surface area contributed by atoms with Gasteiger partial charge in [-0.2, -0.15) is 9.49 Å². The monoisotopic (exact) mass is 287 g/mol. The Morgan fingerprint density at radius 1 is 1.30 bits per heavy atom. The first-order valence-corrected chi connectivity index (χ1v) is 6.70. The highest BCUT2D eigenvalue weighted by Crippen LogP contribution is 2.17. The molecule has 0 bridgehead atoms. The summed E-state index contributed by atoms with van der Waals surface area (Å²) in [5, 5.41) is 4.38. The number of H-pyrrole nitrogens is 1. The van der Waals surface area contributed by atoms with Gasteiger partial charge in [0.2, 0.25) is 0 Å². The molecule has 0 fully saturated rings. The van der Waals surface area contributed by atoms with Crippen LogP contribution < -0.4 is 5.43 Å². The van der Waals surface area contributed by atoms with Crippen LogP contribution in [0.15, 0.2) is 47.7 Å². The molecule has 0 aliphatic rings. The number of para-hydroxylation sites is 1. The summed E-state index contributed by atoms with van der Waals surface area (Å²) in [4.78, 5) is 15.7. The van der Waals surface area contributed by atoms with Crippen molar-refractivity contribution in [1.29, 1.82) is 0 Å². The zero-order valence-corrected chi connectivity index (χ0v) is 11.1. The molecule has 4 nitrogen and oxygen atoms in total. The summed E-state index contributed by atoms with van der Waals surface area (Å²) in [6, 6.07) is 10.5. The van der Waals surface area contributed by atoms with Gasteiger partial charge in [-0.05, 0) is 18.2 Å². The van der Waals surface area contributed by atoms with E-state index in [1.54, 1.807) is 12.3 Å². The van der Waals surface area contributed by atoms with Crippen LogP contribution in [-0.2, 0) is 0 Å². The lowest BCUT2D eigenvalue weighted by Gasteiger charge is -1.97. The number of halogens is 1. The van der Waals surface area contributed by atoms with Crippen molar-refractivity contribution in [2.24, 2.45) is 5.10 Å². The molecule has 1 aromatic carbocycles. The standard InChI is InChI=1S/C14H10FN3OS/c15-13-6-5-9(20-13)7-17-18-14(19)11-8-16-12-4-2-1-3-10(11)12/h1-8,16H,(H,18,19)/b17-7-. The van der Waals surface area contributed by atoms with E-state index in [9.17, 15) is 9.18 Å². The van der Waals surface area contributed by atoms with Crippen LogP contribution in [0, 0.1) is 5.13 Å². The SMILES string of the molecule is O=C(N/N=C\c1ccc(F)s1)c1c[nH]c2ccccc12. The molecule has 0 unspecified atom stereocenters. The summed E-state index contributed by atoms with van der Waals surface area (Å²) >= 11 is 0.966. The third-order valence-electron chi connectivity index (χ3n) is 2.79. The number of hydrazone groups is 1. The van der Waals surface area contributed by atoms with Crippen LogP contribution in [0.3, 0.4) is 0 Å². The molecular weight excluding hydrogens is 277 g/mol. The third-order valence-corrected chi connectivity index (χ3v) is 3.59. The number of benzene rings is 1. The predicted octanol–water partition coefficient (Wildman–Crippen LogP) is 3.13. The van der Waals surface area contributed by atoms with Gasteiger partial charge in [0, 0.05) is 17.1 Å². The number of nitrogens with one attached hydrogen (secondary N) is 2. The van der Waals surface area contributed by atoms with E-state index in [-0.39, 0.29) is 11.0 Å². The minimum Gasteiger partial charge on any atom is -0.360 e. The third kappa shape index (κ3) is 2.46. The zero-order chi connectivity index (χ0) is 13.9. The van der Waals surface area contributed by atoms with E-state index in [1.807, 2.05) is 24.3 Å². The van der Waals surface area contributed by atoms with Crippen molar-refractivity contribution < 1.29 is 9.18 Å². The number of nitrogens with zero attached hydrogens (tertiary/aromatic N) is 1. The van der Waals surface area contributed by atoms with Gasteiger partial charge in [0.25, 0.3) is 5.91 Å². The molecule has 1 amide bonds. The quantitative estimate of drug-likeness (QED) is 0.564.